The lowest BCUT2D eigenvalue weighted by Crippen LogP contribution is -2.05. The zero-order chi connectivity index (χ0) is 19.9. The molecule has 0 bridgehead atoms. The van der Waals surface area contributed by atoms with E-state index >= 15 is 0 Å². The first-order valence-corrected chi connectivity index (χ1v) is 11.0. The molecule has 4 aromatic rings. The van der Waals surface area contributed by atoms with Crippen LogP contribution in [0.1, 0.15) is 5.69 Å². The van der Waals surface area contributed by atoms with Gasteiger partial charge in [0.25, 0.3) is 0 Å². The van der Waals surface area contributed by atoms with Crippen molar-refractivity contribution in [1.82, 2.24) is 19.6 Å². The molecule has 9 heteroatoms. The SMILES string of the molecule is CSc1nn2c(C)cc(-c3ccncc3)nc2c1S(=O)(=O)c1cccc(F)c1. The Labute approximate surface area is 165 Å². The Balaban J connectivity index is 2.03. The summed E-state index contributed by atoms with van der Waals surface area (Å²) < 4.78 is 41.8. The van der Waals surface area contributed by atoms with Crippen molar-refractivity contribution in [1.29, 1.82) is 0 Å². The van der Waals surface area contributed by atoms with Gasteiger partial charge in [-0.2, -0.15) is 5.10 Å². The number of benzene rings is 1. The fourth-order valence-electron chi connectivity index (χ4n) is 2.92. The molecule has 0 saturated heterocycles. The predicted octanol–water partition coefficient (Wildman–Crippen LogP) is 3.79. The van der Waals surface area contributed by atoms with Crippen LogP contribution in [0.15, 0.2) is 69.7 Å². The van der Waals surface area contributed by atoms with Gasteiger partial charge in [0, 0.05) is 23.7 Å². The van der Waals surface area contributed by atoms with E-state index in [2.05, 4.69) is 15.1 Å². The fourth-order valence-corrected chi connectivity index (χ4v) is 5.34. The summed E-state index contributed by atoms with van der Waals surface area (Å²) in [5, 5.41) is 4.72. The maximum absolute atomic E-state index is 13.7. The number of fused-ring (bicyclic) bond motifs is 1. The standard InChI is InChI=1S/C19H15FN4O2S2/c1-12-10-16(13-6-8-21-9-7-13)22-18-17(19(27-2)23-24(12)18)28(25,26)15-5-3-4-14(20)11-15/h3-11H,1-2H3. The molecule has 6 nitrogen and oxygen atoms in total. The van der Waals surface area contributed by atoms with Gasteiger partial charge in [0.05, 0.1) is 10.6 Å². The minimum absolute atomic E-state index is 0.0235. The number of halogens is 1. The Morgan fingerprint density at radius 2 is 1.86 bits per heavy atom. The van der Waals surface area contributed by atoms with Crippen molar-refractivity contribution >= 4 is 27.2 Å². The molecule has 0 aliphatic heterocycles. The third kappa shape index (κ3) is 3.06. The van der Waals surface area contributed by atoms with Crippen molar-refractivity contribution in [3.63, 3.8) is 0 Å². The van der Waals surface area contributed by atoms with E-state index in [0.717, 1.165) is 17.3 Å². The van der Waals surface area contributed by atoms with Crippen LogP contribution in [-0.4, -0.2) is 34.3 Å². The van der Waals surface area contributed by atoms with Gasteiger partial charge in [-0.3, -0.25) is 4.98 Å². The van der Waals surface area contributed by atoms with E-state index in [0.29, 0.717) is 10.7 Å². The number of pyridine rings is 1. The molecule has 0 aliphatic carbocycles. The Hall–Kier alpha value is -2.78. The third-order valence-electron chi connectivity index (χ3n) is 4.24. The molecule has 0 radical (unpaired) electrons. The van der Waals surface area contributed by atoms with E-state index in [9.17, 15) is 12.8 Å². The van der Waals surface area contributed by atoms with Gasteiger partial charge in [0.15, 0.2) is 10.5 Å². The van der Waals surface area contributed by atoms with Gasteiger partial charge in [-0.1, -0.05) is 6.07 Å². The molecule has 3 aromatic heterocycles. The first-order chi connectivity index (χ1) is 13.4. The third-order valence-corrected chi connectivity index (χ3v) is 6.83. The van der Waals surface area contributed by atoms with Gasteiger partial charge in [-0.05, 0) is 49.6 Å². The smallest absolute Gasteiger partial charge is 0.213 e. The lowest BCUT2D eigenvalue weighted by molar-refractivity contribution is 0.589. The summed E-state index contributed by atoms with van der Waals surface area (Å²) in [5.74, 6) is -0.620. The average Bonchev–Trinajstić information content (AvgIpc) is 3.08. The van der Waals surface area contributed by atoms with Crippen molar-refractivity contribution in [2.45, 2.75) is 21.7 Å². The van der Waals surface area contributed by atoms with E-state index in [4.69, 9.17) is 0 Å². The maximum Gasteiger partial charge on any atom is 0.213 e. The predicted molar refractivity (Wildman–Crippen MR) is 105 cm³/mol. The van der Waals surface area contributed by atoms with Crippen LogP contribution in [0.25, 0.3) is 16.9 Å². The summed E-state index contributed by atoms with van der Waals surface area (Å²) in [6, 6.07) is 10.4. The highest BCUT2D eigenvalue weighted by Gasteiger charge is 2.29. The molecule has 0 amide bonds. The first kappa shape index (κ1) is 18.6. The van der Waals surface area contributed by atoms with Crippen molar-refractivity contribution < 1.29 is 12.8 Å². The van der Waals surface area contributed by atoms with E-state index in [1.165, 1.54) is 34.5 Å². The summed E-state index contributed by atoms with van der Waals surface area (Å²) in [7, 11) is -4.02. The molecule has 4 rings (SSSR count). The first-order valence-electron chi connectivity index (χ1n) is 8.27. The number of rotatable bonds is 4. The van der Waals surface area contributed by atoms with Gasteiger partial charge in [-0.15, -0.1) is 11.8 Å². The molecule has 0 N–H and O–H groups in total. The molecule has 3 heterocycles. The normalized spacial score (nSPS) is 11.8. The van der Waals surface area contributed by atoms with Crippen LogP contribution in [0.5, 0.6) is 0 Å². The van der Waals surface area contributed by atoms with Crippen LogP contribution in [-0.2, 0) is 9.84 Å². The Kier molecular flexibility index (Phi) is 4.64. The van der Waals surface area contributed by atoms with E-state index in [-0.39, 0.29) is 15.4 Å². The van der Waals surface area contributed by atoms with Crippen molar-refractivity contribution in [3.8, 4) is 11.3 Å². The summed E-state index contributed by atoms with van der Waals surface area (Å²) in [6.45, 7) is 1.83. The number of aryl methyl sites for hydroxylation is 1. The lowest BCUT2D eigenvalue weighted by Gasteiger charge is -2.07. The summed E-state index contributed by atoms with van der Waals surface area (Å²) in [6.07, 6.45) is 5.03. The lowest BCUT2D eigenvalue weighted by atomic mass is 10.2. The highest BCUT2D eigenvalue weighted by molar-refractivity contribution is 7.99. The number of nitrogens with zero attached hydrogens (tertiary/aromatic N) is 4. The molecule has 0 spiro atoms. The second-order valence-electron chi connectivity index (χ2n) is 6.05. The van der Waals surface area contributed by atoms with Crippen molar-refractivity contribution in [2.75, 3.05) is 6.26 Å². The average molecular weight is 414 g/mol. The monoisotopic (exact) mass is 414 g/mol. The van der Waals surface area contributed by atoms with Crippen LogP contribution in [0.4, 0.5) is 4.39 Å². The number of thioether (sulfide) groups is 1. The maximum atomic E-state index is 13.7. The van der Waals surface area contributed by atoms with E-state index < -0.39 is 15.7 Å². The zero-order valence-electron chi connectivity index (χ0n) is 15.0. The molecule has 0 saturated carbocycles. The Morgan fingerprint density at radius 3 is 2.54 bits per heavy atom. The van der Waals surface area contributed by atoms with Crippen LogP contribution >= 0.6 is 11.8 Å². The largest absolute Gasteiger partial charge is 0.265 e. The Bertz CT molecular complexity index is 1290. The van der Waals surface area contributed by atoms with Gasteiger partial charge in [-0.25, -0.2) is 22.3 Å². The van der Waals surface area contributed by atoms with Crippen molar-refractivity contribution in [3.05, 3.63) is 66.4 Å². The summed E-state index contributed by atoms with van der Waals surface area (Å²) in [4.78, 5) is 8.42. The van der Waals surface area contributed by atoms with Gasteiger partial charge in [0.2, 0.25) is 9.84 Å². The van der Waals surface area contributed by atoms with Gasteiger partial charge in [0.1, 0.15) is 10.8 Å². The van der Waals surface area contributed by atoms with E-state index in [1.54, 1.807) is 30.8 Å². The van der Waals surface area contributed by atoms with Crippen LogP contribution < -0.4 is 0 Å². The molecular weight excluding hydrogens is 399 g/mol. The molecule has 0 fully saturated rings. The summed E-state index contributed by atoms with van der Waals surface area (Å²) in [5.41, 5.74) is 2.35. The van der Waals surface area contributed by atoms with Crippen LogP contribution in [0, 0.1) is 12.7 Å². The second-order valence-corrected chi connectivity index (χ2v) is 8.73. The van der Waals surface area contributed by atoms with Crippen molar-refractivity contribution in [2.24, 2.45) is 0 Å². The van der Waals surface area contributed by atoms with Crippen LogP contribution in [0.2, 0.25) is 0 Å². The second kappa shape index (κ2) is 6.99. The van der Waals surface area contributed by atoms with E-state index in [1.807, 2.05) is 13.0 Å². The number of aromatic nitrogens is 4. The van der Waals surface area contributed by atoms with Crippen LogP contribution in [0.3, 0.4) is 0 Å². The highest BCUT2D eigenvalue weighted by Crippen LogP contribution is 2.34. The Morgan fingerprint density at radius 1 is 1.11 bits per heavy atom. The molecule has 0 aliphatic rings. The molecule has 1 aromatic carbocycles. The van der Waals surface area contributed by atoms with Gasteiger partial charge < -0.3 is 0 Å². The zero-order valence-corrected chi connectivity index (χ0v) is 16.6. The fraction of sp³-hybridized carbons (Fsp3) is 0.105. The topological polar surface area (TPSA) is 77.2 Å². The highest BCUT2D eigenvalue weighted by atomic mass is 32.2. The quantitative estimate of drug-likeness (QED) is 0.473. The van der Waals surface area contributed by atoms with Gasteiger partial charge >= 0.3 is 0 Å². The minimum Gasteiger partial charge on any atom is -0.265 e. The summed E-state index contributed by atoms with van der Waals surface area (Å²) >= 11 is 1.20. The molecule has 0 unspecified atom stereocenters. The molecule has 0 atom stereocenters. The molecular formula is C19H15FN4O2S2. The number of hydrogen-bond donors (Lipinski definition) is 0. The number of sulfone groups is 1. The molecule has 28 heavy (non-hydrogen) atoms. The molecule has 142 valence electrons. The number of hydrogen-bond acceptors (Lipinski definition) is 6. The minimum atomic E-state index is -4.02.